The van der Waals surface area contributed by atoms with Gasteiger partial charge in [0.25, 0.3) is 0 Å². The Labute approximate surface area is 124 Å². The van der Waals surface area contributed by atoms with Gasteiger partial charge in [0, 0.05) is 11.8 Å². The Morgan fingerprint density at radius 1 is 1.29 bits per heavy atom. The first-order valence-corrected chi connectivity index (χ1v) is 7.38. The third kappa shape index (κ3) is 3.57. The Morgan fingerprint density at radius 2 is 2.00 bits per heavy atom. The highest BCUT2D eigenvalue weighted by atomic mass is 19.1. The van der Waals surface area contributed by atoms with E-state index in [9.17, 15) is 9.18 Å². The summed E-state index contributed by atoms with van der Waals surface area (Å²) in [5.41, 5.74) is 1.96. The van der Waals surface area contributed by atoms with Crippen LogP contribution < -0.4 is 0 Å². The highest BCUT2D eigenvalue weighted by molar-refractivity contribution is 5.98. The van der Waals surface area contributed by atoms with E-state index in [2.05, 4.69) is 18.9 Å². The number of Topliss-reactive ketones (excluding diaryl/α,β-unsaturated/α-hetero) is 1. The zero-order valence-electron chi connectivity index (χ0n) is 12.8. The molecule has 0 N–H and O–H groups in total. The Hall–Kier alpha value is -1.97. The number of rotatable bonds is 6. The number of halogens is 1. The molecule has 1 aromatic heterocycles. The van der Waals surface area contributed by atoms with E-state index in [4.69, 9.17) is 0 Å². The zero-order chi connectivity index (χ0) is 15.4. The van der Waals surface area contributed by atoms with Crippen LogP contribution in [0.5, 0.6) is 0 Å². The molecule has 0 fully saturated rings. The van der Waals surface area contributed by atoms with E-state index in [-0.39, 0.29) is 18.0 Å². The monoisotopic (exact) mass is 288 g/mol. The second-order valence-electron chi connectivity index (χ2n) is 5.32. The summed E-state index contributed by atoms with van der Waals surface area (Å²) in [7, 11) is 0. The van der Waals surface area contributed by atoms with Crippen molar-refractivity contribution in [1.29, 1.82) is 0 Å². The molecule has 0 spiro atoms. The van der Waals surface area contributed by atoms with Gasteiger partial charge in [-0.05, 0) is 43.5 Å². The average Bonchev–Trinajstić information content (AvgIpc) is 2.91. The van der Waals surface area contributed by atoms with Crippen molar-refractivity contribution in [2.24, 2.45) is 0 Å². The van der Waals surface area contributed by atoms with Crippen molar-refractivity contribution in [3.05, 3.63) is 53.1 Å². The maximum Gasteiger partial charge on any atom is 0.169 e. The molecule has 0 unspecified atom stereocenters. The van der Waals surface area contributed by atoms with Crippen LogP contribution in [0.15, 0.2) is 30.5 Å². The molecule has 2 aromatic rings. The number of nitrogens with zero attached hydrogens (tertiary/aromatic N) is 2. The molecule has 3 nitrogen and oxygen atoms in total. The van der Waals surface area contributed by atoms with Crippen LogP contribution >= 0.6 is 0 Å². The first kappa shape index (κ1) is 15.4. The SMILES string of the molecule is CCC(CC)n1ccc(CC(=O)c2cc(F)ccc2C)n1. The molecule has 112 valence electrons. The van der Waals surface area contributed by atoms with Crippen LogP contribution in [0.2, 0.25) is 0 Å². The van der Waals surface area contributed by atoms with Crippen molar-refractivity contribution in [1.82, 2.24) is 9.78 Å². The fourth-order valence-electron chi connectivity index (χ4n) is 2.49. The Bertz CT molecular complexity index is 629. The molecule has 2 rings (SSSR count). The van der Waals surface area contributed by atoms with E-state index >= 15 is 0 Å². The number of benzene rings is 1. The summed E-state index contributed by atoms with van der Waals surface area (Å²) >= 11 is 0. The summed E-state index contributed by atoms with van der Waals surface area (Å²) < 4.78 is 15.2. The van der Waals surface area contributed by atoms with Crippen LogP contribution in [-0.2, 0) is 6.42 Å². The van der Waals surface area contributed by atoms with Gasteiger partial charge in [-0.1, -0.05) is 19.9 Å². The number of carbonyl (C=O) groups is 1. The van der Waals surface area contributed by atoms with Crippen molar-refractivity contribution in [3.8, 4) is 0 Å². The first-order valence-electron chi connectivity index (χ1n) is 7.38. The number of ketones is 1. The number of aryl methyl sites for hydroxylation is 1. The van der Waals surface area contributed by atoms with Crippen LogP contribution in [0.4, 0.5) is 4.39 Å². The second-order valence-corrected chi connectivity index (χ2v) is 5.32. The van der Waals surface area contributed by atoms with Gasteiger partial charge < -0.3 is 0 Å². The van der Waals surface area contributed by atoms with Crippen molar-refractivity contribution < 1.29 is 9.18 Å². The summed E-state index contributed by atoms with van der Waals surface area (Å²) in [5.74, 6) is -0.478. The van der Waals surface area contributed by atoms with Crippen molar-refractivity contribution in [3.63, 3.8) is 0 Å². The topological polar surface area (TPSA) is 34.9 Å². The first-order chi connectivity index (χ1) is 10.0. The lowest BCUT2D eigenvalue weighted by atomic mass is 10.0. The molecule has 21 heavy (non-hydrogen) atoms. The third-order valence-corrected chi connectivity index (χ3v) is 3.82. The maximum atomic E-state index is 13.3. The van der Waals surface area contributed by atoms with Crippen molar-refractivity contribution in [2.75, 3.05) is 0 Å². The smallest absolute Gasteiger partial charge is 0.169 e. The molecule has 0 aliphatic rings. The quantitative estimate of drug-likeness (QED) is 0.749. The van der Waals surface area contributed by atoms with Crippen LogP contribution in [0.1, 0.15) is 54.3 Å². The molecular formula is C17H21FN2O. The van der Waals surface area contributed by atoms with Crippen LogP contribution in [0, 0.1) is 12.7 Å². The fourth-order valence-corrected chi connectivity index (χ4v) is 2.49. The van der Waals surface area contributed by atoms with Crippen LogP contribution in [0.3, 0.4) is 0 Å². The van der Waals surface area contributed by atoms with E-state index < -0.39 is 0 Å². The van der Waals surface area contributed by atoms with E-state index in [0.29, 0.717) is 11.6 Å². The maximum absolute atomic E-state index is 13.3. The summed E-state index contributed by atoms with van der Waals surface area (Å²) in [4.78, 5) is 12.3. The van der Waals surface area contributed by atoms with Crippen molar-refractivity contribution >= 4 is 5.78 Å². The summed E-state index contributed by atoms with van der Waals surface area (Å²) in [6.45, 7) is 6.06. The lowest BCUT2D eigenvalue weighted by molar-refractivity contribution is 0.0990. The van der Waals surface area contributed by atoms with Gasteiger partial charge in [-0.3, -0.25) is 9.48 Å². The van der Waals surface area contributed by atoms with Crippen LogP contribution in [0.25, 0.3) is 0 Å². The van der Waals surface area contributed by atoms with Gasteiger partial charge in [-0.25, -0.2) is 4.39 Å². The van der Waals surface area contributed by atoms with E-state index in [1.165, 1.54) is 12.1 Å². The Morgan fingerprint density at radius 3 is 2.67 bits per heavy atom. The van der Waals surface area contributed by atoms with Gasteiger partial charge >= 0.3 is 0 Å². The molecule has 0 saturated heterocycles. The van der Waals surface area contributed by atoms with Gasteiger partial charge in [0.2, 0.25) is 0 Å². The Balaban J connectivity index is 2.15. The highest BCUT2D eigenvalue weighted by Gasteiger charge is 2.14. The van der Waals surface area contributed by atoms with Gasteiger partial charge in [-0.2, -0.15) is 5.10 Å². The predicted octanol–water partition coefficient (Wildman–Crippen LogP) is 4.12. The second kappa shape index (κ2) is 6.66. The molecule has 0 atom stereocenters. The third-order valence-electron chi connectivity index (χ3n) is 3.82. The minimum Gasteiger partial charge on any atom is -0.294 e. The van der Waals surface area contributed by atoms with Crippen molar-refractivity contribution in [2.45, 2.75) is 46.1 Å². The van der Waals surface area contributed by atoms with E-state index in [1.54, 1.807) is 6.07 Å². The summed E-state index contributed by atoms with van der Waals surface area (Å²) in [5, 5.41) is 4.47. The lowest BCUT2D eigenvalue weighted by Crippen LogP contribution is -2.10. The fraction of sp³-hybridized carbons (Fsp3) is 0.412. The lowest BCUT2D eigenvalue weighted by Gasteiger charge is -2.12. The van der Waals surface area contributed by atoms with Gasteiger partial charge in [0.05, 0.1) is 18.2 Å². The highest BCUT2D eigenvalue weighted by Crippen LogP contribution is 2.16. The number of hydrogen-bond acceptors (Lipinski definition) is 2. The summed E-state index contributed by atoms with van der Waals surface area (Å²) in [6.07, 6.45) is 4.14. The molecule has 0 amide bonds. The molecule has 0 radical (unpaired) electrons. The predicted molar refractivity (Wildman–Crippen MR) is 81.0 cm³/mol. The molecule has 4 heteroatoms. The normalized spacial score (nSPS) is 11.1. The van der Waals surface area contributed by atoms with E-state index in [1.807, 2.05) is 23.9 Å². The zero-order valence-corrected chi connectivity index (χ0v) is 12.8. The molecule has 0 bridgehead atoms. The molecule has 1 heterocycles. The number of carbonyl (C=O) groups excluding carboxylic acids is 1. The van der Waals surface area contributed by atoms with Crippen LogP contribution in [-0.4, -0.2) is 15.6 Å². The number of hydrogen-bond donors (Lipinski definition) is 0. The average molecular weight is 288 g/mol. The Kier molecular flexibility index (Phi) is 4.89. The largest absolute Gasteiger partial charge is 0.294 e. The molecular weight excluding hydrogens is 267 g/mol. The number of aromatic nitrogens is 2. The molecule has 0 aliphatic heterocycles. The van der Waals surface area contributed by atoms with Gasteiger partial charge in [0.1, 0.15) is 5.82 Å². The minimum absolute atomic E-state index is 0.0956. The van der Waals surface area contributed by atoms with Gasteiger partial charge in [0.15, 0.2) is 5.78 Å². The summed E-state index contributed by atoms with van der Waals surface area (Å²) in [6, 6.07) is 6.53. The molecule has 0 aliphatic carbocycles. The molecule has 0 saturated carbocycles. The minimum atomic E-state index is -0.383. The standard InChI is InChI=1S/C17H21FN2O/c1-4-15(5-2)20-9-8-14(19-20)11-17(21)16-10-13(18)7-6-12(16)3/h6-10,15H,4-5,11H2,1-3H3. The molecule has 1 aromatic carbocycles. The van der Waals surface area contributed by atoms with E-state index in [0.717, 1.165) is 24.1 Å². The van der Waals surface area contributed by atoms with Gasteiger partial charge in [-0.15, -0.1) is 0 Å².